The first kappa shape index (κ1) is 18.1. The van der Waals surface area contributed by atoms with Crippen LogP contribution in [0.2, 0.25) is 0 Å². The molecular weight excluding hydrogens is 306 g/mol. The monoisotopic (exact) mass is 331 g/mol. The zero-order valence-corrected chi connectivity index (χ0v) is 14.4. The summed E-state index contributed by atoms with van der Waals surface area (Å²) in [5, 5.41) is 13.5. The maximum Gasteiger partial charge on any atom is 0.160 e. The van der Waals surface area contributed by atoms with Crippen molar-refractivity contribution >= 4 is 0 Å². The van der Waals surface area contributed by atoms with Crippen LogP contribution >= 0.6 is 0 Å². The minimum atomic E-state index is -0.564. The minimum Gasteiger partial charge on any atom is -0.497 e. The molecule has 5 nitrogen and oxygen atoms in total. The molecule has 0 fully saturated rings. The van der Waals surface area contributed by atoms with Crippen molar-refractivity contribution in [1.29, 1.82) is 0 Å². The quantitative estimate of drug-likeness (QED) is 0.692. The fraction of sp³-hybridized carbons (Fsp3) is 0.368. The third kappa shape index (κ3) is 4.88. The second-order valence-corrected chi connectivity index (χ2v) is 5.44. The van der Waals surface area contributed by atoms with E-state index in [2.05, 4.69) is 5.32 Å². The van der Waals surface area contributed by atoms with Crippen LogP contribution in [-0.4, -0.2) is 39.5 Å². The summed E-state index contributed by atoms with van der Waals surface area (Å²) >= 11 is 0. The fourth-order valence-corrected chi connectivity index (χ4v) is 2.47. The average Bonchev–Trinajstić information content (AvgIpc) is 2.64. The van der Waals surface area contributed by atoms with Gasteiger partial charge in [-0.1, -0.05) is 18.2 Å². The largest absolute Gasteiger partial charge is 0.497 e. The number of aliphatic hydroxyl groups excluding tert-OH is 1. The minimum absolute atomic E-state index is 0.487. The standard InChI is InChI=1S/C19H25NO4/c1-22-16-6-4-5-15(12-16)17(21)13-20-10-9-14-7-8-18(23-2)19(11-14)24-3/h4-8,11-12,17,20-21H,9-10,13H2,1-3H3. The highest BCUT2D eigenvalue weighted by molar-refractivity contribution is 5.42. The lowest BCUT2D eigenvalue weighted by Crippen LogP contribution is -2.23. The van der Waals surface area contributed by atoms with Gasteiger partial charge in [-0.05, 0) is 48.4 Å². The first-order valence-electron chi connectivity index (χ1n) is 7.91. The third-order valence-corrected chi connectivity index (χ3v) is 3.85. The van der Waals surface area contributed by atoms with Crippen LogP contribution in [0.15, 0.2) is 42.5 Å². The van der Waals surface area contributed by atoms with E-state index in [4.69, 9.17) is 14.2 Å². The van der Waals surface area contributed by atoms with Gasteiger partial charge in [-0.3, -0.25) is 0 Å². The van der Waals surface area contributed by atoms with Gasteiger partial charge >= 0.3 is 0 Å². The van der Waals surface area contributed by atoms with Crippen molar-refractivity contribution < 1.29 is 19.3 Å². The van der Waals surface area contributed by atoms with E-state index in [9.17, 15) is 5.11 Å². The molecule has 0 radical (unpaired) electrons. The van der Waals surface area contributed by atoms with Crippen LogP contribution in [0.5, 0.6) is 17.2 Å². The van der Waals surface area contributed by atoms with Crippen molar-refractivity contribution in [3.63, 3.8) is 0 Å². The van der Waals surface area contributed by atoms with E-state index in [1.807, 2.05) is 42.5 Å². The Balaban J connectivity index is 1.82. The summed E-state index contributed by atoms with van der Waals surface area (Å²) in [5.41, 5.74) is 1.99. The van der Waals surface area contributed by atoms with E-state index in [0.29, 0.717) is 6.54 Å². The number of hydrogen-bond donors (Lipinski definition) is 2. The number of nitrogens with one attached hydrogen (secondary N) is 1. The van der Waals surface area contributed by atoms with Gasteiger partial charge in [-0.25, -0.2) is 0 Å². The van der Waals surface area contributed by atoms with Gasteiger partial charge in [0, 0.05) is 6.54 Å². The molecular formula is C19H25NO4. The van der Waals surface area contributed by atoms with Crippen LogP contribution in [0, 0.1) is 0 Å². The molecule has 0 aromatic heterocycles. The summed E-state index contributed by atoms with van der Waals surface area (Å²) < 4.78 is 15.7. The van der Waals surface area contributed by atoms with Gasteiger partial charge in [0.05, 0.1) is 27.4 Å². The van der Waals surface area contributed by atoms with E-state index in [-0.39, 0.29) is 0 Å². The Morgan fingerprint density at radius 3 is 2.46 bits per heavy atom. The van der Waals surface area contributed by atoms with Gasteiger partial charge in [0.2, 0.25) is 0 Å². The lowest BCUT2D eigenvalue weighted by atomic mass is 10.1. The predicted molar refractivity (Wildman–Crippen MR) is 94.1 cm³/mol. The number of hydrogen-bond acceptors (Lipinski definition) is 5. The first-order valence-corrected chi connectivity index (χ1v) is 7.91. The first-order chi connectivity index (χ1) is 11.7. The van der Waals surface area contributed by atoms with Crippen LogP contribution in [0.1, 0.15) is 17.2 Å². The van der Waals surface area contributed by atoms with Gasteiger partial charge in [0.25, 0.3) is 0 Å². The number of rotatable bonds is 9. The summed E-state index contributed by atoms with van der Waals surface area (Å²) in [6, 6.07) is 13.4. The average molecular weight is 331 g/mol. The van der Waals surface area contributed by atoms with Crippen molar-refractivity contribution in [2.75, 3.05) is 34.4 Å². The zero-order valence-electron chi connectivity index (χ0n) is 14.4. The maximum atomic E-state index is 10.2. The molecule has 1 atom stereocenters. The number of benzene rings is 2. The number of aliphatic hydroxyl groups is 1. The molecule has 0 amide bonds. The molecule has 130 valence electrons. The van der Waals surface area contributed by atoms with Crippen molar-refractivity contribution in [2.45, 2.75) is 12.5 Å². The Labute approximate surface area is 143 Å². The highest BCUT2D eigenvalue weighted by Gasteiger charge is 2.08. The van der Waals surface area contributed by atoms with E-state index >= 15 is 0 Å². The Bertz CT molecular complexity index is 645. The lowest BCUT2D eigenvalue weighted by molar-refractivity contribution is 0.174. The molecule has 0 heterocycles. The number of methoxy groups -OCH3 is 3. The van der Waals surface area contributed by atoms with Crippen LogP contribution in [-0.2, 0) is 6.42 Å². The summed E-state index contributed by atoms with van der Waals surface area (Å²) in [4.78, 5) is 0. The summed E-state index contributed by atoms with van der Waals surface area (Å²) in [7, 11) is 4.87. The van der Waals surface area contributed by atoms with E-state index < -0.39 is 6.10 Å². The molecule has 2 aromatic carbocycles. The molecule has 1 unspecified atom stereocenters. The number of ether oxygens (including phenoxy) is 3. The lowest BCUT2D eigenvalue weighted by Gasteiger charge is -2.14. The molecule has 0 aliphatic rings. The normalized spacial score (nSPS) is 11.8. The second kappa shape index (κ2) is 9.15. The van der Waals surface area contributed by atoms with Gasteiger partial charge in [0.1, 0.15) is 5.75 Å². The molecule has 5 heteroatoms. The van der Waals surface area contributed by atoms with Crippen LogP contribution in [0.25, 0.3) is 0 Å². The van der Waals surface area contributed by atoms with Gasteiger partial charge in [0.15, 0.2) is 11.5 Å². The van der Waals surface area contributed by atoms with Crippen molar-refractivity contribution in [1.82, 2.24) is 5.32 Å². The topological polar surface area (TPSA) is 60.0 Å². The highest BCUT2D eigenvalue weighted by atomic mass is 16.5. The van der Waals surface area contributed by atoms with Crippen molar-refractivity contribution in [2.24, 2.45) is 0 Å². The van der Waals surface area contributed by atoms with E-state index in [0.717, 1.165) is 41.3 Å². The molecule has 0 saturated carbocycles. The van der Waals surface area contributed by atoms with Crippen molar-refractivity contribution in [3.8, 4) is 17.2 Å². The summed E-state index contributed by atoms with van der Waals surface area (Å²) in [5.74, 6) is 2.20. The molecule has 2 rings (SSSR count). The van der Waals surface area contributed by atoms with Crippen LogP contribution in [0.4, 0.5) is 0 Å². The zero-order chi connectivity index (χ0) is 17.4. The molecule has 0 bridgehead atoms. The van der Waals surface area contributed by atoms with E-state index in [1.54, 1.807) is 21.3 Å². The van der Waals surface area contributed by atoms with Gasteiger partial charge < -0.3 is 24.6 Å². The molecule has 24 heavy (non-hydrogen) atoms. The Morgan fingerprint density at radius 1 is 0.958 bits per heavy atom. The van der Waals surface area contributed by atoms with Crippen LogP contribution in [0.3, 0.4) is 0 Å². The summed E-state index contributed by atoms with van der Waals surface area (Å²) in [6.07, 6.45) is 0.274. The smallest absolute Gasteiger partial charge is 0.160 e. The Kier molecular flexibility index (Phi) is 6.90. The van der Waals surface area contributed by atoms with Crippen LogP contribution < -0.4 is 19.5 Å². The SMILES string of the molecule is COc1cccc(C(O)CNCCc2ccc(OC)c(OC)c2)c1. The third-order valence-electron chi connectivity index (χ3n) is 3.85. The molecule has 0 saturated heterocycles. The molecule has 2 N–H and O–H groups in total. The van der Waals surface area contributed by atoms with E-state index in [1.165, 1.54) is 0 Å². The Morgan fingerprint density at radius 2 is 1.75 bits per heavy atom. The molecule has 0 aliphatic heterocycles. The maximum absolute atomic E-state index is 10.2. The molecule has 2 aromatic rings. The van der Waals surface area contributed by atoms with Crippen molar-refractivity contribution in [3.05, 3.63) is 53.6 Å². The predicted octanol–water partition coefficient (Wildman–Crippen LogP) is 2.58. The fourth-order valence-electron chi connectivity index (χ4n) is 2.47. The van der Waals surface area contributed by atoms with Gasteiger partial charge in [-0.2, -0.15) is 0 Å². The molecule has 0 aliphatic carbocycles. The highest BCUT2D eigenvalue weighted by Crippen LogP contribution is 2.27. The molecule has 0 spiro atoms. The van der Waals surface area contributed by atoms with Gasteiger partial charge in [-0.15, -0.1) is 0 Å². The Hall–Kier alpha value is -2.24. The second-order valence-electron chi connectivity index (χ2n) is 5.44. The summed E-state index contributed by atoms with van der Waals surface area (Å²) in [6.45, 7) is 1.25.